The molecule has 3 rings (SSSR count). The Morgan fingerprint density at radius 3 is 2.37 bits per heavy atom. The van der Waals surface area contributed by atoms with E-state index in [0.29, 0.717) is 13.0 Å². The van der Waals surface area contributed by atoms with Crippen molar-refractivity contribution in [3.8, 4) is 0 Å². The van der Waals surface area contributed by atoms with Crippen LogP contribution < -0.4 is 5.73 Å². The van der Waals surface area contributed by atoms with E-state index in [-0.39, 0.29) is 36.8 Å². The molecule has 1 amide bonds. The molecule has 1 aliphatic carbocycles. The van der Waals surface area contributed by atoms with Crippen molar-refractivity contribution in [2.24, 2.45) is 11.7 Å². The monoisotopic (exact) mass is 405 g/mol. The summed E-state index contributed by atoms with van der Waals surface area (Å²) in [6, 6.07) is 9.16. The van der Waals surface area contributed by atoms with Gasteiger partial charge in [-0.2, -0.15) is 13.2 Å². The van der Waals surface area contributed by atoms with Crippen LogP contribution >= 0.6 is 12.4 Å². The van der Waals surface area contributed by atoms with E-state index < -0.39 is 12.1 Å². The summed E-state index contributed by atoms with van der Waals surface area (Å²) in [7, 11) is 0. The lowest BCUT2D eigenvalue weighted by molar-refractivity contribution is -0.187. The van der Waals surface area contributed by atoms with Gasteiger partial charge in [0.1, 0.15) is 0 Å². The van der Waals surface area contributed by atoms with Gasteiger partial charge >= 0.3 is 12.1 Å². The van der Waals surface area contributed by atoms with E-state index in [0.717, 1.165) is 42.9 Å². The highest BCUT2D eigenvalue weighted by molar-refractivity contribution is 5.85. The average molecular weight is 406 g/mol. The quantitative estimate of drug-likeness (QED) is 0.791. The van der Waals surface area contributed by atoms with Crippen LogP contribution in [0.3, 0.4) is 0 Å². The zero-order chi connectivity index (χ0) is 18.7. The van der Waals surface area contributed by atoms with E-state index >= 15 is 0 Å². The van der Waals surface area contributed by atoms with Gasteiger partial charge in [0.25, 0.3) is 0 Å². The van der Waals surface area contributed by atoms with E-state index in [9.17, 15) is 18.0 Å². The fourth-order valence-corrected chi connectivity index (χ4v) is 3.97. The van der Waals surface area contributed by atoms with Crippen LogP contribution in [0.5, 0.6) is 0 Å². The number of nitrogens with two attached hydrogens (primary N) is 1. The zero-order valence-electron chi connectivity index (χ0n) is 15.2. The average Bonchev–Trinajstić information content (AvgIpc) is 3.41. The van der Waals surface area contributed by atoms with Gasteiger partial charge in [0.2, 0.25) is 0 Å². The van der Waals surface area contributed by atoms with E-state index in [4.69, 9.17) is 5.73 Å². The smallest absolute Gasteiger partial charge is 0.331 e. The minimum absolute atomic E-state index is 0. The molecule has 1 saturated heterocycles. The Kier molecular flexibility index (Phi) is 7.54. The van der Waals surface area contributed by atoms with E-state index in [1.807, 2.05) is 30.3 Å². The van der Waals surface area contributed by atoms with Crippen molar-refractivity contribution in [1.29, 1.82) is 0 Å². The largest absolute Gasteiger partial charge is 0.471 e. The third-order valence-corrected chi connectivity index (χ3v) is 5.50. The molecule has 1 saturated carbocycles. The Morgan fingerprint density at radius 1 is 1.19 bits per heavy atom. The molecule has 2 atom stereocenters. The summed E-state index contributed by atoms with van der Waals surface area (Å²) in [4.78, 5) is 15.4. The maximum absolute atomic E-state index is 13.1. The molecule has 2 unspecified atom stereocenters. The van der Waals surface area contributed by atoms with Gasteiger partial charge in [0.15, 0.2) is 0 Å². The van der Waals surface area contributed by atoms with Crippen LogP contribution in [0.15, 0.2) is 30.3 Å². The summed E-state index contributed by atoms with van der Waals surface area (Å²) < 4.78 is 39.4. The van der Waals surface area contributed by atoms with Crippen LogP contribution in [0.25, 0.3) is 0 Å². The molecular weight excluding hydrogens is 379 g/mol. The SMILES string of the molecule is Cl.NCCN1CCC(CN(C(=O)C(F)(F)F)C2CC2c2ccccc2)CC1. The third-order valence-electron chi connectivity index (χ3n) is 5.50. The summed E-state index contributed by atoms with van der Waals surface area (Å²) >= 11 is 0. The van der Waals surface area contributed by atoms with Crippen molar-refractivity contribution in [3.63, 3.8) is 0 Å². The van der Waals surface area contributed by atoms with Gasteiger partial charge in [-0.05, 0) is 43.8 Å². The predicted molar refractivity (Wildman–Crippen MR) is 101 cm³/mol. The molecule has 1 aromatic carbocycles. The van der Waals surface area contributed by atoms with Gasteiger partial charge in [-0.1, -0.05) is 30.3 Å². The van der Waals surface area contributed by atoms with Gasteiger partial charge in [-0.25, -0.2) is 0 Å². The van der Waals surface area contributed by atoms with Gasteiger partial charge in [0.05, 0.1) is 0 Å². The molecule has 1 aliphatic heterocycles. The van der Waals surface area contributed by atoms with Crippen LogP contribution in [-0.2, 0) is 4.79 Å². The van der Waals surface area contributed by atoms with Crippen molar-refractivity contribution >= 4 is 18.3 Å². The molecule has 1 aromatic rings. The fourth-order valence-electron chi connectivity index (χ4n) is 3.97. The molecule has 2 N–H and O–H groups in total. The number of amides is 1. The summed E-state index contributed by atoms with van der Waals surface area (Å²) in [6.07, 6.45) is -2.59. The summed E-state index contributed by atoms with van der Waals surface area (Å²) in [5.41, 5.74) is 6.57. The topological polar surface area (TPSA) is 49.6 Å². The molecule has 152 valence electrons. The van der Waals surface area contributed by atoms with Crippen molar-refractivity contribution in [3.05, 3.63) is 35.9 Å². The number of piperidine rings is 1. The Labute approximate surface area is 164 Å². The predicted octanol–water partition coefficient (Wildman–Crippen LogP) is 3.03. The van der Waals surface area contributed by atoms with E-state index in [1.54, 1.807) is 0 Å². The Bertz CT molecular complexity index is 606. The number of carbonyl (C=O) groups excluding carboxylic acids is 1. The summed E-state index contributed by atoms with van der Waals surface area (Å²) in [6.45, 7) is 3.27. The highest BCUT2D eigenvalue weighted by Gasteiger charge is 2.52. The normalized spacial score (nSPS) is 23.6. The molecule has 1 heterocycles. The molecule has 0 spiro atoms. The minimum atomic E-state index is -4.82. The molecule has 2 aliphatic rings. The number of hydrogen-bond donors (Lipinski definition) is 1. The molecule has 4 nitrogen and oxygen atoms in total. The van der Waals surface area contributed by atoms with Crippen molar-refractivity contribution < 1.29 is 18.0 Å². The van der Waals surface area contributed by atoms with Crippen LogP contribution in [0.1, 0.15) is 30.7 Å². The molecule has 8 heteroatoms. The number of halogens is 4. The fraction of sp³-hybridized carbons (Fsp3) is 0.632. The van der Waals surface area contributed by atoms with Gasteiger partial charge < -0.3 is 15.5 Å². The first kappa shape index (κ1) is 22.0. The molecule has 0 bridgehead atoms. The van der Waals surface area contributed by atoms with Crippen LogP contribution in [0.4, 0.5) is 13.2 Å². The summed E-state index contributed by atoms with van der Waals surface area (Å²) in [5, 5.41) is 0. The number of alkyl halides is 3. The second-order valence-corrected chi connectivity index (χ2v) is 7.35. The Balaban J connectivity index is 0.00000261. The maximum atomic E-state index is 13.1. The number of benzene rings is 1. The highest BCUT2D eigenvalue weighted by Crippen LogP contribution is 2.46. The molecule has 27 heavy (non-hydrogen) atoms. The van der Waals surface area contributed by atoms with Crippen LogP contribution in [0, 0.1) is 5.92 Å². The second-order valence-electron chi connectivity index (χ2n) is 7.35. The minimum Gasteiger partial charge on any atom is -0.331 e. The first-order chi connectivity index (χ1) is 12.4. The molecular formula is C19H27ClF3N3O. The standard InChI is InChI=1S/C19H26F3N3O.ClH/c20-19(21,22)18(26)25(13-14-6-9-24(10-7-14)11-8-23)17-12-16(17)15-4-2-1-3-5-15;/h1-5,14,16-17H,6-13,23H2;1H. The summed E-state index contributed by atoms with van der Waals surface area (Å²) in [5.74, 6) is -1.56. The first-order valence-corrected chi connectivity index (χ1v) is 9.25. The molecule has 0 aromatic heterocycles. The van der Waals surface area contributed by atoms with Gasteiger partial charge in [-0.15, -0.1) is 12.4 Å². The zero-order valence-corrected chi connectivity index (χ0v) is 16.0. The number of rotatable bonds is 6. The van der Waals surface area contributed by atoms with E-state index in [1.165, 1.54) is 0 Å². The third kappa shape index (κ3) is 5.59. The van der Waals surface area contributed by atoms with Crippen molar-refractivity contribution in [2.75, 3.05) is 32.7 Å². The lowest BCUT2D eigenvalue weighted by atomic mass is 9.96. The Morgan fingerprint density at radius 2 is 1.81 bits per heavy atom. The highest BCUT2D eigenvalue weighted by atomic mass is 35.5. The van der Waals surface area contributed by atoms with Crippen LogP contribution in [-0.4, -0.2) is 60.6 Å². The second kappa shape index (κ2) is 9.26. The number of hydrogen-bond acceptors (Lipinski definition) is 3. The van der Waals surface area contributed by atoms with Crippen molar-refractivity contribution in [2.45, 2.75) is 37.4 Å². The molecule has 0 radical (unpaired) electrons. The maximum Gasteiger partial charge on any atom is 0.471 e. The van der Waals surface area contributed by atoms with Gasteiger partial charge in [-0.3, -0.25) is 4.79 Å². The number of likely N-dealkylation sites (tertiary alicyclic amines) is 1. The Hall–Kier alpha value is -1.31. The number of carbonyl (C=O) groups is 1. The lowest BCUT2D eigenvalue weighted by Gasteiger charge is -2.35. The van der Waals surface area contributed by atoms with Crippen LogP contribution in [0.2, 0.25) is 0 Å². The first-order valence-electron chi connectivity index (χ1n) is 9.25. The van der Waals surface area contributed by atoms with Gasteiger partial charge in [0, 0.05) is 31.6 Å². The number of nitrogens with zero attached hydrogens (tertiary/aromatic N) is 2. The van der Waals surface area contributed by atoms with Crippen molar-refractivity contribution in [1.82, 2.24) is 9.80 Å². The molecule has 2 fully saturated rings. The lowest BCUT2D eigenvalue weighted by Crippen LogP contribution is -2.47. The van der Waals surface area contributed by atoms with E-state index in [2.05, 4.69) is 4.90 Å².